The lowest BCUT2D eigenvalue weighted by molar-refractivity contribution is -0.120. The number of nitrogens with one attached hydrogen (secondary N) is 1. The van der Waals surface area contributed by atoms with Gasteiger partial charge in [-0.15, -0.1) is 0 Å². The van der Waals surface area contributed by atoms with E-state index < -0.39 is 0 Å². The van der Waals surface area contributed by atoms with E-state index in [9.17, 15) is 4.79 Å². The summed E-state index contributed by atoms with van der Waals surface area (Å²) < 4.78 is 22.6. The van der Waals surface area contributed by atoms with E-state index in [2.05, 4.69) is 10.2 Å². The number of rotatable bonds is 8. The molecule has 32 heavy (non-hydrogen) atoms. The molecule has 2 aliphatic rings. The lowest BCUT2D eigenvalue weighted by atomic mass is 10.1. The van der Waals surface area contributed by atoms with Crippen LogP contribution in [0, 0.1) is 0 Å². The van der Waals surface area contributed by atoms with Crippen LogP contribution in [0.3, 0.4) is 0 Å². The highest BCUT2D eigenvalue weighted by Gasteiger charge is 2.17. The molecule has 1 amide bonds. The Morgan fingerprint density at radius 1 is 1.06 bits per heavy atom. The SMILES string of the molecule is O=C(Cc1cc(Cl)c2c(c1)OCCCO2)NCc1cccc(OCCN2CCOCC2)c1. The molecule has 0 bridgehead atoms. The van der Waals surface area contributed by atoms with Crippen LogP contribution in [0.4, 0.5) is 0 Å². The van der Waals surface area contributed by atoms with Crippen LogP contribution in [0.25, 0.3) is 0 Å². The fourth-order valence-electron chi connectivity index (χ4n) is 3.70. The van der Waals surface area contributed by atoms with E-state index in [1.807, 2.05) is 30.3 Å². The average Bonchev–Trinajstić information content (AvgIpc) is 3.05. The number of morpholine rings is 1. The summed E-state index contributed by atoms with van der Waals surface area (Å²) >= 11 is 6.33. The number of carbonyl (C=O) groups excluding carboxylic acids is 1. The highest BCUT2D eigenvalue weighted by Crippen LogP contribution is 2.38. The molecular weight excluding hydrogens is 432 g/mol. The average molecular weight is 461 g/mol. The zero-order valence-electron chi connectivity index (χ0n) is 18.1. The van der Waals surface area contributed by atoms with E-state index in [1.54, 1.807) is 6.07 Å². The van der Waals surface area contributed by atoms with E-state index in [-0.39, 0.29) is 12.3 Å². The van der Waals surface area contributed by atoms with Gasteiger partial charge in [0.15, 0.2) is 11.5 Å². The lowest BCUT2D eigenvalue weighted by Gasteiger charge is -2.26. The molecule has 0 aliphatic carbocycles. The molecule has 7 nitrogen and oxygen atoms in total. The Morgan fingerprint density at radius 3 is 2.78 bits per heavy atom. The van der Waals surface area contributed by atoms with Crippen molar-refractivity contribution in [2.45, 2.75) is 19.4 Å². The van der Waals surface area contributed by atoms with Crippen LogP contribution in [0.15, 0.2) is 36.4 Å². The van der Waals surface area contributed by atoms with Gasteiger partial charge in [-0.3, -0.25) is 9.69 Å². The second kappa shape index (κ2) is 11.4. The maximum Gasteiger partial charge on any atom is 0.224 e. The zero-order valence-corrected chi connectivity index (χ0v) is 18.9. The van der Waals surface area contributed by atoms with Gasteiger partial charge in [-0.1, -0.05) is 23.7 Å². The van der Waals surface area contributed by atoms with Crippen molar-refractivity contribution in [3.63, 3.8) is 0 Å². The minimum atomic E-state index is -0.0887. The van der Waals surface area contributed by atoms with Gasteiger partial charge >= 0.3 is 0 Å². The Balaban J connectivity index is 1.25. The number of ether oxygens (including phenoxy) is 4. The minimum Gasteiger partial charge on any atom is -0.492 e. The smallest absolute Gasteiger partial charge is 0.224 e. The number of nitrogens with zero attached hydrogens (tertiary/aromatic N) is 1. The molecule has 4 rings (SSSR count). The van der Waals surface area contributed by atoms with Crippen LogP contribution in [-0.4, -0.2) is 63.5 Å². The second-order valence-corrected chi connectivity index (χ2v) is 8.27. The number of halogens is 1. The normalized spacial score (nSPS) is 16.3. The number of carbonyl (C=O) groups is 1. The lowest BCUT2D eigenvalue weighted by Crippen LogP contribution is -2.38. The maximum atomic E-state index is 12.5. The van der Waals surface area contributed by atoms with E-state index in [4.69, 9.17) is 30.5 Å². The molecular formula is C24H29ClN2O5. The van der Waals surface area contributed by atoms with Crippen molar-refractivity contribution >= 4 is 17.5 Å². The quantitative estimate of drug-likeness (QED) is 0.653. The van der Waals surface area contributed by atoms with Gasteiger partial charge in [0, 0.05) is 32.6 Å². The Labute approximate surface area is 193 Å². The Morgan fingerprint density at radius 2 is 1.91 bits per heavy atom. The summed E-state index contributed by atoms with van der Waals surface area (Å²) in [6.07, 6.45) is 1.02. The van der Waals surface area contributed by atoms with Crippen molar-refractivity contribution in [1.29, 1.82) is 0 Å². The molecule has 0 atom stereocenters. The Bertz CT molecular complexity index is 917. The number of amides is 1. The van der Waals surface area contributed by atoms with Crippen LogP contribution in [0.2, 0.25) is 5.02 Å². The van der Waals surface area contributed by atoms with Crippen LogP contribution >= 0.6 is 11.6 Å². The molecule has 1 fully saturated rings. The van der Waals surface area contributed by atoms with Crippen molar-refractivity contribution in [1.82, 2.24) is 10.2 Å². The molecule has 1 saturated heterocycles. The molecule has 0 radical (unpaired) electrons. The highest BCUT2D eigenvalue weighted by atomic mass is 35.5. The minimum absolute atomic E-state index is 0.0887. The van der Waals surface area contributed by atoms with E-state index in [0.29, 0.717) is 42.9 Å². The predicted octanol–water partition coefficient (Wildman–Crippen LogP) is 3.07. The summed E-state index contributed by atoms with van der Waals surface area (Å²) in [6.45, 7) is 6.54. The molecule has 2 aromatic rings. The summed E-state index contributed by atoms with van der Waals surface area (Å²) in [4.78, 5) is 14.8. The zero-order chi connectivity index (χ0) is 22.2. The summed E-state index contributed by atoms with van der Waals surface area (Å²) in [5, 5.41) is 3.43. The first-order valence-corrected chi connectivity index (χ1v) is 11.4. The molecule has 2 heterocycles. The first-order chi connectivity index (χ1) is 15.7. The summed E-state index contributed by atoms with van der Waals surface area (Å²) in [5.41, 5.74) is 1.77. The van der Waals surface area contributed by atoms with Crippen molar-refractivity contribution < 1.29 is 23.7 Å². The number of hydrogen-bond acceptors (Lipinski definition) is 6. The number of hydrogen-bond donors (Lipinski definition) is 1. The maximum absolute atomic E-state index is 12.5. The Kier molecular flexibility index (Phi) is 8.09. The van der Waals surface area contributed by atoms with Crippen LogP contribution in [-0.2, 0) is 22.5 Å². The third-order valence-electron chi connectivity index (χ3n) is 5.39. The predicted molar refractivity (Wildman–Crippen MR) is 122 cm³/mol. The third-order valence-corrected chi connectivity index (χ3v) is 5.68. The van der Waals surface area contributed by atoms with Crippen LogP contribution in [0.1, 0.15) is 17.5 Å². The van der Waals surface area contributed by atoms with E-state index >= 15 is 0 Å². The number of fused-ring (bicyclic) bond motifs is 1. The van der Waals surface area contributed by atoms with Crippen molar-refractivity contribution in [3.05, 3.63) is 52.5 Å². The van der Waals surface area contributed by atoms with E-state index in [0.717, 1.165) is 56.1 Å². The first kappa shape index (κ1) is 22.7. The van der Waals surface area contributed by atoms with Gasteiger partial charge < -0.3 is 24.3 Å². The van der Waals surface area contributed by atoms with Crippen LogP contribution < -0.4 is 19.5 Å². The molecule has 0 aromatic heterocycles. The largest absolute Gasteiger partial charge is 0.492 e. The van der Waals surface area contributed by atoms with Gasteiger partial charge in [0.05, 0.1) is 37.9 Å². The Hall–Kier alpha value is -2.48. The topological polar surface area (TPSA) is 69.3 Å². The first-order valence-electron chi connectivity index (χ1n) is 11.0. The molecule has 0 unspecified atom stereocenters. The fourth-order valence-corrected chi connectivity index (χ4v) is 3.99. The molecule has 2 aromatic carbocycles. The monoisotopic (exact) mass is 460 g/mol. The van der Waals surface area contributed by atoms with Gasteiger partial charge in [0.25, 0.3) is 0 Å². The number of benzene rings is 2. The molecule has 2 aliphatic heterocycles. The van der Waals surface area contributed by atoms with Gasteiger partial charge in [0.2, 0.25) is 5.91 Å². The van der Waals surface area contributed by atoms with Crippen molar-refractivity contribution in [2.75, 3.05) is 52.7 Å². The molecule has 8 heteroatoms. The van der Waals surface area contributed by atoms with E-state index in [1.165, 1.54) is 0 Å². The summed E-state index contributed by atoms with van der Waals surface area (Å²) in [7, 11) is 0. The van der Waals surface area contributed by atoms with Gasteiger partial charge in [-0.05, 0) is 35.4 Å². The second-order valence-electron chi connectivity index (χ2n) is 7.86. The van der Waals surface area contributed by atoms with Crippen LogP contribution in [0.5, 0.6) is 17.2 Å². The fraction of sp³-hybridized carbons (Fsp3) is 0.458. The summed E-state index contributed by atoms with van der Waals surface area (Å²) in [6, 6.07) is 11.4. The van der Waals surface area contributed by atoms with Gasteiger partial charge in [-0.2, -0.15) is 0 Å². The van der Waals surface area contributed by atoms with Crippen molar-refractivity contribution in [2.24, 2.45) is 0 Å². The molecule has 0 saturated carbocycles. The third kappa shape index (κ3) is 6.51. The summed E-state index contributed by atoms with van der Waals surface area (Å²) in [5.74, 6) is 1.87. The molecule has 0 spiro atoms. The van der Waals surface area contributed by atoms with Gasteiger partial charge in [0.1, 0.15) is 12.4 Å². The van der Waals surface area contributed by atoms with Crippen molar-refractivity contribution in [3.8, 4) is 17.2 Å². The van der Waals surface area contributed by atoms with Gasteiger partial charge in [-0.25, -0.2) is 0 Å². The molecule has 172 valence electrons. The standard InChI is InChI=1S/C24H29ClN2O5/c25-21-14-19(15-22-24(21)32-9-2-8-31-22)16-23(28)26-17-18-3-1-4-20(13-18)30-12-7-27-5-10-29-11-6-27/h1,3-4,13-15H,2,5-12,16-17H2,(H,26,28). The molecule has 1 N–H and O–H groups in total. The highest BCUT2D eigenvalue weighted by molar-refractivity contribution is 6.32.